The molecule has 8 nitrogen and oxygen atoms in total. The van der Waals surface area contributed by atoms with Crippen molar-refractivity contribution in [3.05, 3.63) is 46.9 Å². The first-order valence-corrected chi connectivity index (χ1v) is 9.99. The highest BCUT2D eigenvalue weighted by Gasteiger charge is 2.25. The Morgan fingerprint density at radius 3 is 2.73 bits per heavy atom. The molecule has 1 aliphatic rings. The van der Waals surface area contributed by atoms with Crippen molar-refractivity contribution in [1.29, 1.82) is 0 Å². The molecule has 0 atom stereocenters. The van der Waals surface area contributed by atoms with Crippen LogP contribution in [-0.4, -0.2) is 58.5 Å². The maximum absolute atomic E-state index is 14.1. The van der Waals surface area contributed by atoms with E-state index in [-0.39, 0.29) is 35.3 Å². The summed E-state index contributed by atoms with van der Waals surface area (Å²) in [7, 11) is 1.61. The number of nitrogens with one attached hydrogen (secondary N) is 2. The van der Waals surface area contributed by atoms with Gasteiger partial charge in [0.05, 0.1) is 23.4 Å². The number of carbonyl (C=O) groups excluding carboxylic acids is 3. The zero-order valence-corrected chi connectivity index (χ0v) is 17.2. The minimum absolute atomic E-state index is 0.0471. The number of aromatic nitrogens is 2. The standard InChI is InChI=1S/C21H26FN5O3/c1-14-19(20(30)15-7-3-4-8-16(15)22)21(26(2)25-14)24-17(28)13-23-10-6-12-27-11-5-9-18(27)29/h3-4,7-8,23H,5-6,9-13H2,1-2H3,(H,24,28). The quantitative estimate of drug-likeness (QED) is 0.480. The second-order valence-electron chi connectivity index (χ2n) is 7.30. The lowest BCUT2D eigenvalue weighted by Crippen LogP contribution is -2.32. The summed E-state index contributed by atoms with van der Waals surface area (Å²) < 4.78 is 15.5. The highest BCUT2D eigenvalue weighted by atomic mass is 19.1. The first-order valence-electron chi connectivity index (χ1n) is 9.99. The lowest BCUT2D eigenvalue weighted by molar-refractivity contribution is -0.127. The third-order valence-corrected chi connectivity index (χ3v) is 5.06. The number of amides is 2. The van der Waals surface area contributed by atoms with Gasteiger partial charge in [0.2, 0.25) is 17.6 Å². The van der Waals surface area contributed by atoms with E-state index in [4.69, 9.17) is 0 Å². The van der Waals surface area contributed by atoms with Crippen molar-refractivity contribution in [1.82, 2.24) is 20.0 Å². The molecule has 2 heterocycles. The number of benzene rings is 1. The van der Waals surface area contributed by atoms with E-state index in [0.29, 0.717) is 25.2 Å². The summed E-state index contributed by atoms with van der Waals surface area (Å²) in [6.45, 7) is 3.75. The lowest BCUT2D eigenvalue weighted by atomic mass is 10.0. The third kappa shape index (κ3) is 4.91. The van der Waals surface area contributed by atoms with Gasteiger partial charge in [-0.3, -0.25) is 19.1 Å². The normalized spacial score (nSPS) is 13.7. The predicted octanol–water partition coefficient (Wildman–Crippen LogP) is 1.64. The Morgan fingerprint density at radius 1 is 1.27 bits per heavy atom. The van der Waals surface area contributed by atoms with Crippen LogP contribution in [0, 0.1) is 12.7 Å². The second-order valence-corrected chi connectivity index (χ2v) is 7.30. The summed E-state index contributed by atoms with van der Waals surface area (Å²) in [5.74, 6) is -1.07. The Morgan fingerprint density at radius 2 is 2.03 bits per heavy atom. The van der Waals surface area contributed by atoms with Gasteiger partial charge in [0.1, 0.15) is 11.6 Å². The molecule has 2 amide bonds. The molecule has 0 saturated carbocycles. The Kier molecular flexibility index (Phi) is 6.94. The van der Waals surface area contributed by atoms with Crippen molar-refractivity contribution >= 4 is 23.4 Å². The van der Waals surface area contributed by atoms with Crippen molar-refractivity contribution in [2.75, 3.05) is 31.5 Å². The van der Waals surface area contributed by atoms with Crippen molar-refractivity contribution < 1.29 is 18.8 Å². The molecular weight excluding hydrogens is 389 g/mol. The van der Waals surface area contributed by atoms with Crippen LogP contribution in [0.4, 0.5) is 10.2 Å². The monoisotopic (exact) mass is 415 g/mol. The van der Waals surface area contributed by atoms with Crippen molar-refractivity contribution in [3.8, 4) is 0 Å². The SMILES string of the molecule is Cc1nn(C)c(NC(=O)CNCCCN2CCCC2=O)c1C(=O)c1ccccc1F. The molecule has 0 spiro atoms. The van der Waals surface area contributed by atoms with Crippen LogP contribution in [0.2, 0.25) is 0 Å². The second kappa shape index (κ2) is 9.62. The fourth-order valence-electron chi connectivity index (χ4n) is 3.57. The summed E-state index contributed by atoms with van der Waals surface area (Å²) in [4.78, 5) is 38.6. The number of hydrogen-bond acceptors (Lipinski definition) is 5. The van der Waals surface area contributed by atoms with Crippen LogP contribution >= 0.6 is 0 Å². The van der Waals surface area contributed by atoms with Gasteiger partial charge in [-0.15, -0.1) is 0 Å². The van der Waals surface area contributed by atoms with Crippen LogP contribution in [0.15, 0.2) is 24.3 Å². The molecule has 30 heavy (non-hydrogen) atoms. The van der Waals surface area contributed by atoms with Crippen molar-refractivity contribution in [2.45, 2.75) is 26.2 Å². The Balaban J connectivity index is 1.57. The van der Waals surface area contributed by atoms with Crippen LogP contribution in [0.5, 0.6) is 0 Å². The molecule has 2 N–H and O–H groups in total. The third-order valence-electron chi connectivity index (χ3n) is 5.06. The molecule has 0 unspecified atom stereocenters. The molecule has 1 aromatic heterocycles. The van der Waals surface area contributed by atoms with E-state index in [0.717, 1.165) is 19.4 Å². The van der Waals surface area contributed by atoms with E-state index < -0.39 is 11.6 Å². The van der Waals surface area contributed by atoms with Gasteiger partial charge >= 0.3 is 0 Å². The number of anilines is 1. The molecule has 9 heteroatoms. The van der Waals surface area contributed by atoms with Gasteiger partial charge in [0.15, 0.2) is 0 Å². The van der Waals surface area contributed by atoms with Crippen LogP contribution in [0.1, 0.15) is 40.9 Å². The first-order chi connectivity index (χ1) is 14.4. The Labute approximate surface area is 174 Å². The summed E-state index contributed by atoms with van der Waals surface area (Å²) in [5, 5.41) is 9.94. The number of carbonyl (C=O) groups is 3. The molecule has 3 rings (SSSR count). The van der Waals surface area contributed by atoms with E-state index in [9.17, 15) is 18.8 Å². The number of rotatable bonds is 9. The van der Waals surface area contributed by atoms with Gasteiger partial charge in [-0.25, -0.2) is 4.39 Å². The molecule has 1 aromatic carbocycles. The molecule has 1 fully saturated rings. The number of aryl methyl sites for hydroxylation is 2. The summed E-state index contributed by atoms with van der Waals surface area (Å²) in [6, 6.07) is 5.72. The molecular formula is C21H26FN5O3. The highest BCUT2D eigenvalue weighted by molar-refractivity contribution is 6.14. The molecule has 1 saturated heterocycles. The highest BCUT2D eigenvalue weighted by Crippen LogP contribution is 2.23. The van der Waals surface area contributed by atoms with E-state index in [1.807, 2.05) is 4.90 Å². The largest absolute Gasteiger partial charge is 0.343 e. The van der Waals surface area contributed by atoms with E-state index >= 15 is 0 Å². The predicted molar refractivity (Wildman–Crippen MR) is 110 cm³/mol. The summed E-state index contributed by atoms with van der Waals surface area (Å²) in [6.07, 6.45) is 2.28. The van der Waals surface area contributed by atoms with Gasteiger partial charge in [0, 0.05) is 26.6 Å². The first kappa shape index (κ1) is 21.6. The minimum Gasteiger partial charge on any atom is -0.343 e. The number of ketones is 1. The average Bonchev–Trinajstić information content (AvgIpc) is 3.23. The maximum atomic E-state index is 14.1. The number of likely N-dealkylation sites (tertiary alicyclic amines) is 1. The van der Waals surface area contributed by atoms with E-state index in [1.54, 1.807) is 20.0 Å². The zero-order valence-electron chi connectivity index (χ0n) is 17.2. The fourth-order valence-corrected chi connectivity index (χ4v) is 3.57. The fraction of sp³-hybridized carbons (Fsp3) is 0.429. The van der Waals surface area contributed by atoms with Crippen LogP contribution in [0.25, 0.3) is 0 Å². The Bertz CT molecular complexity index is 956. The zero-order chi connectivity index (χ0) is 21.7. The van der Waals surface area contributed by atoms with E-state index in [2.05, 4.69) is 15.7 Å². The van der Waals surface area contributed by atoms with Gasteiger partial charge in [-0.2, -0.15) is 5.10 Å². The molecule has 160 valence electrons. The molecule has 0 aliphatic carbocycles. The topological polar surface area (TPSA) is 96.3 Å². The maximum Gasteiger partial charge on any atom is 0.239 e. The summed E-state index contributed by atoms with van der Waals surface area (Å²) in [5.41, 5.74) is 0.506. The van der Waals surface area contributed by atoms with Crippen molar-refractivity contribution in [2.24, 2.45) is 7.05 Å². The lowest BCUT2D eigenvalue weighted by Gasteiger charge is -2.15. The smallest absolute Gasteiger partial charge is 0.239 e. The van der Waals surface area contributed by atoms with Gasteiger partial charge in [-0.05, 0) is 38.4 Å². The number of nitrogens with zero attached hydrogens (tertiary/aromatic N) is 3. The van der Waals surface area contributed by atoms with Gasteiger partial charge in [-0.1, -0.05) is 12.1 Å². The van der Waals surface area contributed by atoms with Crippen LogP contribution in [0.3, 0.4) is 0 Å². The number of halogens is 1. The van der Waals surface area contributed by atoms with E-state index in [1.165, 1.54) is 22.9 Å². The molecule has 0 bridgehead atoms. The Hall–Kier alpha value is -3.07. The summed E-state index contributed by atoms with van der Waals surface area (Å²) >= 11 is 0. The molecule has 2 aromatic rings. The van der Waals surface area contributed by atoms with Gasteiger partial charge < -0.3 is 15.5 Å². The average molecular weight is 415 g/mol. The van der Waals surface area contributed by atoms with Crippen LogP contribution < -0.4 is 10.6 Å². The molecule has 0 radical (unpaired) electrons. The van der Waals surface area contributed by atoms with Crippen LogP contribution in [-0.2, 0) is 16.6 Å². The number of hydrogen-bond donors (Lipinski definition) is 2. The van der Waals surface area contributed by atoms with Crippen molar-refractivity contribution in [3.63, 3.8) is 0 Å². The van der Waals surface area contributed by atoms with Gasteiger partial charge in [0.25, 0.3) is 0 Å². The minimum atomic E-state index is -0.624. The molecule has 1 aliphatic heterocycles.